The molecule has 0 aliphatic carbocycles. The zero-order chi connectivity index (χ0) is 15.9. The van der Waals surface area contributed by atoms with Crippen LogP contribution >= 0.6 is 15.9 Å². The standard InChI is InChI=1S/C14H17BrN4O2S/c1-14(2,3)21-13(20)18-22-7-10(8-22)19-12-9(6-16-19)4-5-11(15)17-12/h4-6,10H,7-8H2,1-3H3. The van der Waals surface area contributed by atoms with Gasteiger partial charge in [0.2, 0.25) is 0 Å². The summed E-state index contributed by atoms with van der Waals surface area (Å²) >= 11 is 3.38. The van der Waals surface area contributed by atoms with Crippen molar-refractivity contribution in [3.8, 4) is 0 Å². The number of carbonyl (C=O) groups is 1. The molecular weight excluding hydrogens is 368 g/mol. The summed E-state index contributed by atoms with van der Waals surface area (Å²) in [6.07, 6.45) is 1.34. The average molecular weight is 385 g/mol. The number of hydrogen-bond donors (Lipinski definition) is 0. The highest BCUT2D eigenvalue weighted by Gasteiger charge is 2.29. The first-order chi connectivity index (χ1) is 10.3. The third kappa shape index (κ3) is 3.38. The van der Waals surface area contributed by atoms with Gasteiger partial charge in [-0.25, -0.2) is 14.5 Å². The molecule has 1 fully saturated rings. The second kappa shape index (κ2) is 5.73. The molecule has 1 saturated heterocycles. The molecule has 1 aliphatic rings. The highest BCUT2D eigenvalue weighted by Crippen LogP contribution is 2.26. The molecule has 1 aliphatic heterocycles. The van der Waals surface area contributed by atoms with Crippen LogP contribution in [0.15, 0.2) is 27.3 Å². The van der Waals surface area contributed by atoms with Gasteiger partial charge in [-0.05, 0) is 48.8 Å². The van der Waals surface area contributed by atoms with Crippen LogP contribution in [0.2, 0.25) is 0 Å². The van der Waals surface area contributed by atoms with E-state index in [2.05, 4.69) is 30.4 Å². The summed E-state index contributed by atoms with van der Waals surface area (Å²) in [5.41, 5.74) is 0.364. The first-order valence-electron chi connectivity index (χ1n) is 6.94. The minimum absolute atomic E-state index is 0.244. The molecule has 22 heavy (non-hydrogen) atoms. The van der Waals surface area contributed by atoms with Gasteiger partial charge in [-0.15, -0.1) is 0 Å². The molecule has 8 heteroatoms. The summed E-state index contributed by atoms with van der Waals surface area (Å²) in [6, 6.07) is 4.13. The van der Waals surface area contributed by atoms with Crippen molar-refractivity contribution in [3.05, 3.63) is 22.9 Å². The van der Waals surface area contributed by atoms with Crippen molar-refractivity contribution in [2.75, 3.05) is 11.5 Å². The molecule has 0 N–H and O–H groups in total. The van der Waals surface area contributed by atoms with E-state index >= 15 is 0 Å². The van der Waals surface area contributed by atoms with Gasteiger partial charge in [0.05, 0.1) is 12.2 Å². The van der Waals surface area contributed by atoms with Crippen molar-refractivity contribution < 1.29 is 9.53 Å². The summed E-state index contributed by atoms with van der Waals surface area (Å²) < 4.78 is 12.1. The fourth-order valence-electron chi connectivity index (χ4n) is 2.16. The Kier molecular flexibility index (Phi) is 4.07. The van der Waals surface area contributed by atoms with Gasteiger partial charge in [-0.3, -0.25) is 0 Å². The van der Waals surface area contributed by atoms with E-state index in [1.54, 1.807) is 0 Å². The van der Waals surface area contributed by atoms with Gasteiger partial charge < -0.3 is 4.74 Å². The molecule has 0 atom stereocenters. The molecule has 2 aromatic rings. The number of fused-ring (bicyclic) bond motifs is 1. The number of aromatic nitrogens is 3. The summed E-state index contributed by atoms with van der Waals surface area (Å²) in [6.45, 7) is 5.52. The van der Waals surface area contributed by atoms with E-state index in [9.17, 15) is 4.79 Å². The first-order valence-corrected chi connectivity index (χ1v) is 9.25. The van der Waals surface area contributed by atoms with E-state index in [0.717, 1.165) is 27.1 Å². The quantitative estimate of drug-likeness (QED) is 0.705. The molecule has 3 heterocycles. The Balaban J connectivity index is 1.70. The normalized spacial score (nSPS) is 21.5. The van der Waals surface area contributed by atoms with E-state index in [-0.39, 0.29) is 16.7 Å². The summed E-state index contributed by atoms with van der Waals surface area (Å²) in [4.78, 5) is 16.2. The van der Waals surface area contributed by atoms with Gasteiger partial charge in [-0.1, -0.05) is 10.7 Å². The lowest BCUT2D eigenvalue weighted by Gasteiger charge is -2.29. The molecular formula is C14H17BrN4O2S. The Hall–Kier alpha value is -1.28. The zero-order valence-corrected chi connectivity index (χ0v) is 15.0. The SMILES string of the molecule is CC(C)(C)OC(=O)N=S1CC(n2ncc3ccc(Br)nc32)C1. The molecule has 6 nitrogen and oxygen atoms in total. The monoisotopic (exact) mass is 384 g/mol. The number of halogens is 1. The van der Waals surface area contributed by atoms with Crippen LogP contribution in [0.4, 0.5) is 4.79 Å². The molecule has 0 bridgehead atoms. The van der Waals surface area contributed by atoms with Crippen molar-refractivity contribution in [2.45, 2.75) is 32.4 Å². The van der Waals surface area contributed by atoms with Gasteiger partial charge in [0.25, 0.3) is 0 Å². The van der Waals surface area contributed by atoms with Crippen LogP contribution < -0.4 is 0 Å². The Morgan fingerprint density at radius 2 is 2.18 bits per heavy atom. The van der Waals surface area contributed by atoms with E-state index in [1.807, 2.05) is 43.8 Å². The predicted molar refractivity (Wildman–Crippen MR) is 90.0 cm³/mol. The van der Waals surface area contributed by atoms with Crippen molar-refractivity contribution in [1.82, 2.24) is 14.8 Å². The number of hydrogen-bond acceptors (Lipinski definition) is 4. The van der Waals surface area contributed by atoms with Gasteiger partial charge in [0, 0.05) is 16.9 Å². The Labute approximate surface area is 139 Å². The van der Waals surface area contributed by atoms with E-state index < -0.39 is 11.7 Å². The average Bonchev–Trinajstić information content (AvgIpc) is 2.73. The van der Waals surface area contributed by atoms with Crippen LogP contribution in [-0.4, -0.2) is 38.0 Å². The van der Waals surface area contributed by atoms with Gasteiger partial charge in [0.1, 0.15) is 10.2 Å². The van der Waals surface area contributed by atoms with Crippen molar-refractivity contribution in [2.24, 2.45) is 4.36 Å². The fraction of sp³-hybridized carbons (Fsp3) is 0.500. The molecule has 0 radical (unpaired) electrons. The highest BCUT2D eigenvalue weighted by atomic mass is 79.9. The van der Waals surface area contributed by atoms with Crippen LogP contribution in [0.1, 0.15) is 26.8 Å². The fourth-order valence-corrected chi connectivity index (χ4v) is 3.93. The lowest BCUT2D eigenvalue weighted by Crippen LogP contribution is -2.35. The Bertz CT molecular complexity index is 758. The maximum Gasteiger partial charge on any atom is 0.440 e. The number of ether oxygens (including phenoxy) is 1. The zero-order valence-electron chi connectivity index (χ0n) is 12.6. The first kappa shape index (κ1) is 15.6. The molecule has 1 amide bonds. The summed E-state index contributed by atoms with van der Waals surface area (Å²) in [7, 11) is -0.274. The van der Waals surface area contributed by atoms with E-state index in [0.29, 0.717) is 0 Å². The number of rotatable bonds is 1. The maximum absolute atomic E-state index is 11.7. The molecule has 0 unspecified atom stereocenters. The molecule has 2 aromatic heterocycles. The number of carbonyl (C=O) groups excluding carboxylic acids is 1. The summed E-state index contributed by atoms with van der Waals surface area (Å²) in [5, 5.41) is 5.42. The van der Waals surface area contributed by atoms with Crippen LogP contribution in [0.3, 0.4) is 0 Å². The van der Waals surface area contributed by atoms with Crippen LogP contribution in [0.5, 0.6) is 0 Å². The van der Waals surface area contributed by atoms with E-state index in [1.165, 1.54) is 0 Å². The minimum Gasteiger partial charge on any atom is -0.442 e. The molecule has 118 valence electrons. The third-order valence-electron chi connectivity index (χ3n) is 3.12. The largest absolute Gasteiger partial charge is 0.442 e. The Morgan fingerprint density at radius 3 is 2.86 bits per heavy atom. The molecule has 0 aromatic carbocycles. The number of pyridine rings is 1. The van der Waals surface area contributed by atoms with E-state index in [4.69, 9.17) is 4.74 Å². The lowest BCUT2D eigenvalue weighted by molar-refractivity contribution is 0.0608. The minimum atomic E-state index is -0.497. The van der Waals surface area contributed by atoms with Crippen molar-refractivity contribution >= 4 is 43.7 Å². The van der Waals surface area contributed by atoms with Crippen LogP contribution in [0, 0.1) is 0 Å². The molecule has 3 rings (SSSR count). The van der Waals surface area contributed by atoms with Crippen LogP contribution in [0.25, 0.3) is 11.0 Å². The summed E-state index contributed by atoms with van der Waals surface area (Å²) in [5.74, 6) is 1.62. The third-order valence-corrected chi connectivity index (χ3v) is 5.51. The topological polar surface area (TPSA) is 69.4 Å². The van der Waals surface area contributed by atoms with Gasteiger partial charge in [0.15, 0.2) is 5.65 Å². The van der Waals surface area contributed by atoms with Crippen molar-refractivity contribution in [3.63, 3.8) is 0 Å². The number of amides is 1. The second-order valence-corrected chi connectivity index (χ2v) is 8.74. The second-order valence-electron chi connectivity index (χ2n) is 6.16. The Morgan fingerprint density at radius 1 is 1.45 bits per heavy atom. The van der Waals surface area contributed by atoms with Gasteiger partial charge in [-0.2, -0.15) is 9.46 Å². The number of nitrogens with zero attached hydrogens (tertiary/aromatic N) is 4. The smallest absolute Gasteiger partial charge is 0.440 e. The highest BCUT2D eigenvalue weighted by molar-refractivity contribution is 9.10. The van der Waals surface area contributed by atoms with Gasteiger partial charge >= 0.3 is 6.09 Å². The van der Waals surface area contributed by atoms with Crippen LogP contribution in [-0.2, 0) is 15.4 Å². The maximum atomic E-state index is 11.7. The molecule has 0 spiro atoms. The molecule has 0 saturated carbocycles. The predicted octanol–water partition coefficient (Wildman–Crippen LogP) is 3.49. The van der Waals surface area contributed by atoms with Crippen molar-refractivity contribution in [1.29, 1.82) is 0 Å². The lowest BCUT2D eigenvalue weighted by atomic mass is 10.2.